The second-order valence-electron chi connectivity index (χ2n) is 5.51. The highest BCUT2D eigenvalue weighted by molar-refractivity contribution is 6.30. The second kappa shape index (κ2) is 6.49. The van der Waals surface area contributed by atoms with Gasteiger partial charge in [-0.05, 0) is 44.5 Å². The molecule has 0 aliphatic heterocycles. The molecule has 0 amide bonds. The van der Waals surface area contributed by atoms with E-state index in [9.17, 15) is 4.79 Å². The van der Waals surface area contributed by atoms with Gasteiger partial charge in [0.15, 0.2) is 0 Å². The van der Waals surface area contributed by atoms with Crippen molar-refractivity contribution in [2.45, 2.75) is 26.8 Å². The average Bonchev–Trinajstić information content (AvgIpc) is 3.19. The summed E-state index contributed by atoms with van der Waals surface area (Å²) in [6.45, 7) is 5.74. The van der Waals surface area contributed by atoms with Crippen molar-refractivity contribution in [3.8, 4) is 5.88 Å². The van der Waals surface area contributed by atoms with Crippen LogP contribution in [0.2, 0.25) is 5.02 Å². The number of aromatic nitrogens is 4. The first kappa shape index (κ1) is 16.3. The van der Waals surface area contributed by atoms with Crippen LogP contribution in [-0.4, -0.2) is 25.7 Å². The minimum absolute atomic E-state index is 0.116. The smallest absolute Gasteiger partial charge is 0.390 e. The zero-order chi connectivity index (χ0) is 17.3. The van der Waals surface area contributed by atoms with E-state index in [0.717, 1.165) is 21.5 Å². The first-order valence-corrected chi connectivity index (χ1v) is 7.88. The van der Waals surface area contributed by atoms with Gasteiger partial charge in [0, 0.05) is 23.0 Å². The quantitative estimate of drug-likeness (QED) is 0.720. The number of nitrogens with zero attached hydrogens (tertiary/aromatic N) is 4. The molecule has 0 saturated heterocycles. The Labute approximate surface area is 144 Å². The Morgan fingerprint density at radius 3 is 2.58 bits per heavy atom. The zero-order valence-corrected chi connectivity index (χ0v) is 14.4. The molecule has 2 heterocycles. The number of ether oxygens (including phenoxy) is 1. The molecule has 2 aromatic heterocycles. The van der Waals surface area contributed by atoms with E-state index >= 15 is 0 Å². The summed E-state index contributed by atoms with van der Waals surface area (Å²) in [6.07, 6.45) is 2.48. The molecule has 6 nitrogen and oxygen atoms in total. The number of benzene rings is 1. The lowest BCUT2D eigenvalue weighted by Crippen LogP contribution is -2.20. The van der Waals surface area contributed by atoms with Crippen molar-refractivity contribution in [1.29, 1.82) is 0 Å². The summed E-state index contributed by atoms with van der Waals surface area (Å²) in [5, 5.41) is 9.08. The third-order valence-electron chi connectivity index (χ3n) is 3.92. The first-order chi connectivity index (χ1) is 11.5. The van der Waals surface area contributed by atoms with E-state index in [0.29, 0.717) is 10.9 Å². The molecule has 1 aromatic carbocycles. The molecule has 24 heavy (non-hydrogen) atoms. The van der Waals surface area contributed by atoms with Crippen LogP contribution in [0, 0.1) is 13.8 Å². The van der Waals surface area contributed by atoms with Crippen molar-refractivity contribution in [3.05, 3.63) is 64.6 Å². The molecule has 0 aliphatic rings. The monoisotopic (exact) mass is 344 g/mol. The Hall–Kier alpha value is -2.60. The highest BCUT2D eigenvalue weighted by atomic mass is 35.5. The Bertz CT molecular complexity index is 854. The molecule has 0 aliphatic carbocycles. The Morgan fingerprint density at radius 1 is 1.25 bits per heavy atom. The van der Waals surface area contributed by atoms with Crippen molar-refractivity contribution in [1.82, 2.24) is 19.6 Å². The maximum Gasteiger partial charge on any atom is 0.441 e. The van der Waals surface area contributed by atoms with E-state index in [1.807, 2.05) is 45.0 Å². The minimum atomic E-state index is -0.576. The third kappa shape index (κ3) is 3.05. The van der Waals surface area contributed by atoms with E-state index in [1.54, 1.807) is 10.7 Å². The van der Waals surface area contributed by atoms with Gasteiger partial charge in [-0.3, -0.25) is 0 Å². The lowest BCUT2D eigenvalue weighted by molar-refractivity contribution is 0.192. The topological polar surface area (TPSA) is 61.9 Å². The number of hydrogen-bond acceptors (Lipinski definition) is 4. The normalized spacial score (nSPS) is 12.2. The van der Waals surface area contributed by atoms with E-state index in [2.05, 4.69) is 10.2 Å². The van der Waals surface area contributed by atoms with Crippen LogP contribution in [0.4, 0.5) is 4.79 Å². The number of carbonyl (C=O) groups excluding carboxylic acids is 1. The highest BCUT2D eigenvalue weighted by Crippen LogP contribution is 2.29. The van der Waals surface area contributed by atoms with E-state index in [-0.39, 0.29) is 6.04 Å². The highest BCUT2D eigenvalue weighted by Gasteiger charge is 2.22. The van der Waals surface area contributed by atoms with E-state index in [4.69, 9.17) is 16.3 Å². The van der Waals surface area contributed by atoms with Crippen molar-refractivity contribution in [2.24, 2.45) is 0 Å². The van der Waals surface area contributed by atoms with Gasteiger partial charge in [0.05, 0.1) is 11.7 Å². The third-order valence-corrected chi connectivity index (χ3v) is 4.18. The van der Waals surface area contributed by atoms with Crippen molar-refractivity contribution in [2.75, 3.05) is 0 Å². The van der Waals surface area contributed by atoms with Gasteiger partial charge in [-0.15, -0.1) is 0 Å². The molecular weight excluding hydrogens is 328 g/mol. The van der Waals surface area contributed by atoms with E-state index in [1.165, 1.54) is 12.4 Å². The molecule has 0 spiro atoms. The summed E-state index contributed by atoms with van der Waals surface area (Å²) < 4.78 is 8.39. The summed E-state index contributed by atoms with van der Waals surface area (Å²) in [7, 11) is 0. The van der Waals surface area contributed by atoms with E-state index < -0.39 is 6.09 Å². The predicted molar refractivity (Wildman–Crippen MR) is 90.6 cm³/mol. The molecule has 124 valence electrons. The Kier molecular flexibility index (Phi) is 4.40. The Balaban J connectivity index is 1.95. The summed E-state index contributed by atoms with van der Waals surface area (Å²) in [5.41, 5.74) is 2.63. The van der Waals surface area contributed by atoms with Crippen LogP contribution in [0.3, 0.4) is 0 Å². The van der Waals surface area contributed by atoms with Crippen LogP contribution in [0.25, 0.3) is 0 Å². The van der Waals surface area contributed by atoms with Crippen LogP contribution in [0.5, 0.6) is 5.88 Å². The summed E-state index contributed by atoms with van der Waals surface area (Å²) in [5.74, 6) is 0.412. The number of rotatable bonds is 3. The van der Waals surface area contributed by atoms with Crippen molar-refractivity contribution >= 4 is 17.7 Å². The fourth-order valence-corrected chi connectivity index (χ4v) is 2.51. The Morgan fingerprint density at radius 2 is 1.96 bits per heavy atom. The summed E-state index contributed by atoms with van der Waals surface area (Å²) >= 11 is 5.95. The van der Waals surface area contributed by atoms with Gasteiger partial charge in [0.25, 0.3) is 0 Å². The van der Waals surface area contributed by atoms with Gasteiger partial charge >= 0.3 is 6.09 Å². The molecule has 0 saturated carbocycles. The molecule has 0 N–H and O–H groups in total. The van der Waals surface area contributed by atoms with Crippen LogP contribution in [0.1, 0.15) is 29.8 Å². The van der Waals surface area contributed by atoms with Gasteiger partial charge in [-0.2, -0.15) is 14.9 Å². The lowest BCUT2D eigenvalue weighted by Gasteiger charge is -2.16. The molecule has 0 radical (unpaired) electrons. The summed E-state index contributed by atoms with van der Waals surface area (Å²) in [6, 6.07) is 9.05. The molecule has 3 aromatic rings. The largest absolute Gasteiger partial charge is 0.441 e. The van der Waals surface area contributed by atoms with Gasteiger partial charge in [0.2, 0.25) is 5.88 Å². The molecule has 1 unspecified atom stereocenters. The van der Waals surface area contributed by atoms with Crippen LogP contribution < -0.4 is 4.74 Å². The van der Waals surface area contributed by atoms with Crippen molar-refractivity contribution < 1.29 is 9.53 Å². The number of carbonyl (C=O) groups is 1. The predicted octanol–water partition coefficient (Wildman–Crippen LogP) is 4.01. The second-order valence-corrected chi connectivity index (χ2v) is 5.94. The first-order valence-electron chi connectivity index (χ1n) is 7.50. The van der Waals surface area contributed by atoms with Gasteiger partial charge < -0.3 is 4.74 Å². The zero-order valence-electron chi connectivity index (χ0n) is 13.6. The molecule has 0 bridgehead atoms. The minimum Gasteiger partial charge on any atom is -0.390 e. The van der Waals surface area contributed by atoms with Crippen LogP contribution >= 0.6 is 11.6 Å². The standard InChI is InChI=1S/C17H17ClN4O2/c1-11-12(2)20-22(13(3)14-5-7-15(18)8-6-14)16(11)24-17(23)21-10-4-9-19-21/h4-10,13H,1-3H3. The number of halogens is 1. The molecule has 0 fully saturated rings. The maximum absolute atomic E-state index is 12.2. The molecule has 7 heteroatoms. The fraction of sp³-hybridized carbons (Fsp3) is 0.235. The molecular formula is C17H17ClN4O2. The molecule has 1 atom stereocenters. The summed E-state index contributed by atoms with van der Waals surface area (Å²) in [4.78, 5) is 12.2. The SMILES string of the molecule is Cc1nn(C(C)c2ccc(Cl)cc2)c(OC(=O)n2cccn2)c1C. The fourth-order valence-electron chi connectivity index (χ4n) is 2.38. The van der Waals surface area contributed by atoms with Gasteiger partial charge in [-0.25, -0.2) is 9.48 Å². The van der Waals surface area contributed by atoms with Crippen LogP contribution in [0.15, 0.2) is 42.7 Å². The van der Waals surface area contributed by atoms with Crippen LogP contribution in [-0.2, 0) is 0 Å². The van der Waals surface area contributed by atoms with Crippen molar-refractivity contribution in [3.63, 3.8) is 0 Å². The average molecular weight is 345 g/mol. The van der Waals surface area contributed by atoms with Gasteiger partial charge in [0.1, 0.15) is 0 Å². The van der Waals surface area contributed by atoms with Gasteiger partial charge in [-0.1, -0.05) is 23.7 Å². The maximum atomic E-state index is 12.2. The number of aryl methyl sites for hydroxylation is 1. The number of hydrogen-bond donors (Lipinski definition) is 0. The molecule has 3 rings (SSSR count). The lowest BCUT2D eigenvalue weighted by atomic mass is 10.1.